The second kappa shape index (κ2) is 29.5. The molecule has 0 atom stereocenters. The van der Waals surface area contributed by atoms with Gasteiger partial charge in [-0.1, -0.05) is 279 Å². The highest BCUT2D eigenvalue weighted by molar-refractivity contribution is 7.25. The van der Waals surface area contributed by atoms with Crippen molar-refractivity contribution in [1.82, 2.24) is 43.6 Å². The molecule has 0 radical (unpaired) electrons. The molecule has 0 spiro atoms. The first-order chi connectivity index (χ1) is 62.4. The van der Waals surface area contributed by atoms with Gasteiger partial charge in [-0.15, -0.1) is 11.3 Å². The van der Waals surface area contributed by atoms with Gasteiger partial charge >= 0.3 is 0 Å². The van der Waals surface area contributed by atoms with Crippen LogP contribution in [0.1, 0.15) is 0 Å². The molecule has 0 aliphatic heterocycles. The lowest BCUT2D eigenvalue weighted by molar-refractivity contribution is 0.669. The van der Waals surface area contributed by atoms with E-state index in [1.807, 2.05) is 96.3 Å². The molecule has 0 aliphatic carbocycles. The minimum atomic E-state index is 0.647. The third kappa shape index (κ3) is 12.1. The number of benzene rings is 18. The first-order valence-corrected chi connectivity index (χ1v) is 43.1. The Kier molecular flexibility index (Phi) is 16.9. The zero-order valence-electron chi connectivity index (χ0n) is 67.6. The molecule has 9 aromatic heterocycles. The molecular formula is C114H69N9O2S. The van der Waals surface area contributed by atoms with E-state index in [0.29, 0.717) is 11.8 Å². The lowest BCUT2D eigenvalue weighted by Gasteiger charge is -2.12. The molecule has 588 valence electrons. The van der Waals surface area contributed by atoms with Gasteiger partial charge in [0.2, 0.25) is 5.95 Å². The van der Waals surface area contributed by atoms with Crippen LogP contribution in [-0.4, -0.2) is 43.6 Å². The van der Waals surface area contributed by atoms with Crippen LogP contribution < -0.4 is 0 Å². The van der Waals surface area contributed by atoms with Crippen molar-refractivity contribution >= 4 is 174 Å². The van der Waals surface area contributed by atoms with Crippen molar-refractivity contribution in [2.24, 2.45) is 0 Å². The number of rotatable bonds is 9. The highest BCUT2D eigenvalue weighted by Crippen LogP contribution is 2.45. The van der Waals surface area contributed by atoms with Gasteiger partial charge in [0.25, 0.3) is 0 Å². The van der Waals surface area contributed by atoms with E-state index >= 15 is 0 Å². The van der Waals surface area contributed by atoms with Crippen LogP contribution in [0.15, 0.2) is 427 Å². The molecule has 27 aromatic rings. The second-order valence-electron chi connectivity index (χ2n) is 31.9. The summed E-state index contributed by atoms with van der Waals surface area (Å²) in [5.41, 5.74) is 25.8. The fourth-order valence-corrected chi connectivity index (χ4v) is 19.9. The van der Waals surface area contributed by atoms with Crippen molar-refractivity contribution in [3.05, 3.63) is 419 Å². The second-order valence-corrected chi connectivity index (χ2v) is 33.0. The maximum atomic E-state index is 6.26. The van der Waals surface area contributed by atoms with Gasteiger partial charge in [-0.05, 0) is 151 Å². The molecule has 0 N–H and O–H groups in total. The Morgan fingerprint density at radius 1 is 0.183 bits per heavy atom. The Bertz CT molecular complexity index is 8670. The Morgan fingerprint density at radius 2 is 0.516 bits per heavy atom. The zero-order chi connectivity index (χ0) is 82.9. The summed E-state index contributed by atoms with van der Waals surface area (Å²) in [7, 11) is 0. The van der Waals surface area contributed by atoms with Crippen LogP contribution in [0.3, 0.4) is 0 Å². The van der Waals surface area contributed by atoms with E-state index in [2.05, 4.69) is 347 Å². The van der Waals surface area contributed by atoms with Gasteiger partial charge in [-0.25, -0.2) is 29.9 Å². The third-order valence-corrected chi connectivity index (χ3v) is 25.8. The molecule has 12 heteroatoms. The van der Waals surface area contributed by atoms with Crippen molar-refractivity contribution in [3.8, 4) is 85.0 Å². The first-order valence-electron chi connectivity index (χ1n) is 42.3. The topological polar surface area (TPSA) is 118 Å². The van der Waals surface area contributed by atoms with E-state index in [-0.39, 0.29) is 0 Å². The van der Waals surface area contributed by atoms with Crippen LogP contribution in [0.25, 0.3) is 247 Å². The predicted molar refractivity (Wildman–Crippen MR) is 522 cm³/mol. The monoisotopic (exact) mass is 1630 g/mol. The molecular weight excluding hydrogens is 1560 g/mol. The standard InChI is InChI=1S/2C38H23N3O.C38H23N3S/c1-2-10-24(11-3-1)37-29-14-4-7-15-32(29)39-38(40-37)25-18-20-26(21-19-25)41-33-16-8-5-12-27(33)30-23-36-31(22-34(30)41)28-13-6-9-17-35(28)42-36;1-2-10-24(11-3-1)25-18-20-26(21-19-25)37-29-14-4-7-15-32(29)39-38(40-37)41-33-16-8-5-12-27(33)30-23-36-31(22-34(30)41)28-13-6-9-17-35(28)42-36;1-2-10-24(11-3-1)37-29-14-4-7-15-32(29)39-38(40-37)25-18-20-26(21-19-25)41-33-16-8-5-12-27(33)30-23-36-31(22-34(30)41)28-13-6-9-17-35(28)42-36/h3*1-23H. The van der Waals surface area contributed by atoms with Crippen molar-refractivity contribution < 1.29 is 8.83 Å². The summed E-state index contributed by atoms with van der Waals surface area (Å²) in [6.45, 7) is 0. The first kappa shape index (κ1) is 72.1. The summed E-state index contributed by atoms with van der Waals surface area (Å²) in [6, 6.07) is 146. The average molecular weight is 1630 g/mol. The fourth-order valence-electron chi connectivity index (χ4n) is 18.7. The minimum Gasteiger partial charge on any atom is -0.456 e. The number of nitrogens with zero attached hydrogens (tertiary/aromatic N) is 9. The zero-order valence-corrected chi connectivity index (χ0v) is 68.4. The number of thiophene rings is 1. The van der Waals surface area contributed by atoms with Gasteiger partial charge in [0.05, 0.1) is 66.7 Å². The highest BCUT2D eigenvalue weighted by atomic mass is 32.1. The van der Waals surface area contributed by atoms with Gasteiger partial charge in [-0.2, -0.15) is 0 Å². The Hall–Kier alpha value is -16.8. The summed E-state index contributed by atoms with van der Waals surface area (Å²) in [5, 5.41) is 17.4. The fraction of sp³-hybridized carbons (Fsp3) is 0. The van der Waals surface area contributed by atoms with Gasteiger partial charge < -0.3 is 18.0 Å². The Balaban J connectivity index is 0.000000103. The van der Waals surface area contributed by atoms with Gasteiger partial charge in [0.15, 0.2) is 11.6 Å². The lowest BCUT2D eigenvalue weighted by atomic mass is 10.0. The molecule has 9 heterocycles. The molecule has 11 nitrogen and oxygen atoms in total. The smallest absolute Gasteiger partial charge is 0.235 e. The SMILES string of the molecule is c1ccc(-c2ccc(-c3nc(-n4c5ccccc5c5cc6oc7ccccc7c6cc54)nc4ccccc34)cc2)cc1.c1ccc(-c2nc(-c3ccc(-n4c5ccccc5c5cc6oc7ccccc7c6cc54)cc3)nc3ccccc23)cc1.c1ccc(-c2nc(-c3ccc(-n4c5ccccc5c5cc6sc7ccccc7c6cc54)cc3)nc3ccccc23)cc1. The van der Waals surface area contributed by atoms with Crippen LogP contribution >= 0.6 is 11.3 Å². The van der Waals surface area contributed by atoms with E-state index < -0.39 is 0 Å². The van der Waals surface area contributed by atoms with Crippen molar-refractivity contribution in [3.63, 3.8) is 0 Å². The molecule has 0 bridgehead atoms. The van der Waals surface area contributed by atoms with Crippen LogP contribution in [0.5, 0.6) is 0 Å². The third-order valence-electron chi connectivity index (χ3n) is 24.6. The quantitative estimate of drug-likeness (QED) is 0.140. The van der Waals surface area contributed by atoms with Crippen LogP contribution in [0, 0.1) is 0 Å². The van der Waals surface area contributed by atoms with Gasteiger partial charge in [0, 0.05) is 129 Å². The van der Waals surface area contributed by atoms with E-state index in [4.69, 9.17) is 38.7 Å². The largest absolute Gasteiger partial charge is 0.456 e. The maximum Gasteiger partial charge on any atom is 0.235 e. The summed E-state index contributed by atoms with van der Waals surface area (Å²) < 4.78 is 22.1. The molecule has 27 rings (SSSR count). The van der Waals surface area contributed by atoms with E-state index in [1.54, 1.807) is 0 Å². The van der Waals surface area contributed by atoms with Crippen molar-refractivity contribution in [2.45, 2.75) is 0 Å². The number of hydrogen-bond donors (Lipinski definition) is 0. The van der Waals surface area contributed by atoms with E-state index in [0.717, 1.165) is 172 Å². The summed E-state index contributed by atoms with van der Waals surface area (Å²) in [4.78, 5) is 30.5. The van der Waals surface area contributed by atoms with Crippen LogP contribution in [-0.2, 0) is 0 Å². The van der Waals surface area contributed by atoms with E-state index in [1.165, 1.54) is 63.9 Å². The van der Waals surface area contributed by atoms with Gasteiger partial charge in [0.1, 0.15) is 22.3 Å². The van der Waals surface area contributed by atoms with Crippen molar-refractivity contribution in [2.75, 3.05) is 0 Å². The molecule has 126 heavy (non-hydrogen) atoms. The average Bonchev–Trinajstić information content (AvgIpc) is 1.58. The molecule has 0 saturated carbocycles. The van der Waals surface area contributed by atoms with E-state index in [9.17, 15) is 0 Å². The van der Waals surface area contributed by atoms with Gasteiger partial charge in [-0.3, -0.25) is 4.57 Å². The van der Waals surface area contributed by atoms with Crippen LogP contribution in [0.4, 0.5) is 0 Å². The summed E-state index contributed by atoms with van der Waals surface area (Å²) >= 11 is 1.87. The highest BCUT2D eigenvalue weighted by Gasteiger charge is 2.24. The predicted octanol–water partition coefficient (Wildman–Crippen LogP) is 30.3. The molecule has 18 aromatic carbocycles. The molecule has 0 amide bonds. The summed E-state index contributed by atoms with van der Waals surface area (Å²) in [5.74, 6) is 2.09. The Labute approximate surface area is 724 Å². The normalized spacial score (nSPS) is 11.8. The van der Waals surface area contributed by atoms with Crippen LogP contribution in [0.2, 0.25) is 0 Å². The molecule has 0 unspecified atom stereocenters. The molecule has 0 fully saturated rings. The number of aromatic nitrogens is 9. The minimum absolute atomic E-state index is 0.647. The lowest BCUT2D eigenvalue weighted by Crippen LogP contribution is -2.03. The number of fused-ring (bicyclic) bond motifs is 21. The molecule has 0 aliphatic rings. The van der Waals surface area contributed by atoms with Crippen molar-refractivity contribution in [1.29, 1.82) is 0 Å². The number of hydrogen-bond acceptors (Lipinski definition) is 9. The maximum absolute atomic E-state index is 6.26. The number of furan rings is 2. The molecule has 0 saturated heterocycles. The summed E-state index contributed by atoms with van der Waals surface area (Å²) in [6.07, 6.45) is 0. The number of para-hydroxylation sites is 8. The Morgan fingerprint density at radius 3 is 1.00 bits per heavy atom.